The van der Waals surface area contributed by atoms with Gasteiger partial charge in [-0.05, 0) is 42.9 Å². The van der Waals surface area contributed by atoms with Crippen molar-refractivity contribution in [1.29, 1.82) is 0 Å². The summed E-state index contributed by atoms with van der Waals surface area (Å²) in [7, 11) is 3.34. The van der Waals surface area contributed by atoms with E-state index in [9.17, 15) is 9.59 Å². The van der Waals surface area contributed by atoms with Crippen LogP contribution in [0.15, 0.2) is 48.5 Å². The van der Waals surface area contributed by atoms with Crippen LogP contribution in [0.5, 0.6) is 5.75 Å². The van der Waals surface area contributed by atoms with Gasteiger partial charge in [-0.1, -0.05) is 29.8 Å². The third kappa shape index (κ3) is 5.08. The highest BCUT2D eigenvalue weighted by atomic mass is 35.5. The number of halogens is 1. The zero-order valence-corrected chi connectivity index (χ0v) is 14.3. The second kappa shape index (κ2) is 8.47. The predicted octanol–water partition coefficient (Wildman–Crippen LogP) is 2.74. The monoisotopic (exact) mass is 346 g/mol. The lowest BCUT2D eigenvalue weighted by Gasteiger charge is -2.16. The van der Waals surface area contributed by atoms with Gasteiger partial charge in [0.1, 0.15) is 5.75 Å². The maximum Gasteiger partial charge on any atom is 0.257 e. The van der Waals surface area contributed by atoms with Crippen molar-refractivity contribution in [1.82, 2.24) is 10.2 Å². The second-order valence-corrected chi connectivity index (χ2v) is 5.78. The number of amides is 2. The third-order valence-corrected chi connectivity index (χ3v) is 3.79. The van der Waals surface area contributed by atoms with Gasteiger partial charge >= 0.3 is 0 Å². The van der Waals surface area contributed by atoms with Crippen LogP contribution in [0.3, 0.4) is 0 Å². The van der Waals surface area contributed by atoms with Gasteiger partial charge in [-0.2, -0.15) is 0 Å². The van der Waals surface area contributed by atoms with Gasteiger partial charge in [0.15, 0.2) is 0 Å². The molecule has 0 saturated carbocycles. The first-order valence-corrected chi connectivity index (χ1v) is 7.77. The minimum atomic E-state index is -0.436. The molecule has 0 saturated heterocycles. The first-order valence-electron chi connectivity index (χ1n) is 7.40. The Hall–Kier alpha value is -2.37. The molecule has 1 N–H and O–H groups in total. The van der Waals surface area contributed by atoms with Crippen molar-refractivity contribution < 1.29 is 14.3 Å². The van der Waals surface area contributed by atoms with Crippen molar-refractivity contribution in [3.8, 4) is 5.75 Å². The smallest absolute Gasteiger partial charge is 0.257 e. The molecule has 2 rings (SSSR count). The summed E-state index contributed by atoms with van der Waals surface area (Å²) in [6.45, 7) is 0.608. The van der Waals surface area contributed by atoms with Gasteiger partial charge in [-0.15, -0.1) is 0 Å². The summed E-state index contributed by atoms with van der Waals surface area (Å²) in [5.41, 5.74) is 1.33. The summed E-state index contributed by atoms with van der Waals surface area (Å²) in [6, 6.07) is 14.0. The van der Waals surface area contributed by atoms with Crippen LogP contribution in [-0.4, -0.2) is 37.4 Å². The molecule has 2 amide bonds. The molecule has 24 heavy (non-hydrogen) atoms. The molecule has 0 aliphatic carbocycles. The van der Waals surface area contributed by atoms with Gasteiger partial charge in [-0.3, -0.25) is 19.8 Å². The molecule has 0 fully saturated rings. The highest BCUT2D eigenvalue weighted by Gasteiger charge is 2.13. The normalized spacial score (nSPS) is 10.5. The van der Waals surface area contributed by atoms with Crippen LogP contribution in [0.2, 0.25) is 5.02 Å². The molecule has 0 radical (unpaired) electrons. The molecule has 0 spiro atoms. The summed E-state index contributed by atoms with van der Waals surface area (Å²) < 4.78 is 5.03. The molecule has 0 heterocycles. The van der Waals surface area contributed by atoms with E-state index in [1.165, 1.54) is 0 Å². The van der Waals surface area contributed by atoms with Crippen molar-refractivity contribution in [2.75, 3.05) is 20.7 Å². The number of methoxy groups -OCH3 is 1. The molecule has 0 unspecified atom stereocenters. The number of likely N-dealkylation sites (N-methyl/N-ethyl adjacent to an activating group) is 1. The fraction of sp³-hybridized carbons (Fsp3) is 0.222. The number of rotatable bonds is 6. The quantitative estimate of drug-likeness (QED) is 0.873. The van der Waals surface area contributed by atoms with Gasteiger partial charge < -0.3 is 4.74 Å². The van der Waals surface area contributed by atoms with Crippen molar-refractivity contribution in [3.63, 3.8) is 0 Å². The Balaban J connectivity index is 1.87. The zero-order chi connectivity index (χ0) is 17.5. The first kappa shape index (κ1) is 18.0. The first-order chi connectivity index (χ1) is 11.5. The fourth-order valence-electron chi connectivity index (χ4n) is 2.20. The highest BCUT2D eigenvalue weighted by Crippen LogP contribution is 2.16. The zero-order valence-electron chi connectivity index (χ0n) is 13.6. The Labute approximate surface area is 146 Å². The van der Waals surface area contributed by atoms with Crippen molar-refractivity contribution in [2.24, 2.45) is 0 Å². The van der Waals surface area contributed by atoms with Gasteiger partial charge in [0.25, 0.3) is 5.91 Å². The van der Waals surface area contributed by atoms with Crippen molar-refractivity contribution >= 4 is 23.4 Å². The Bertz CT molecular complexity index is 716. The summed E-state index contributed by atoms with van der Waals surface area (Å²) in [5, 5.41) is 3.02. The van der Waals surface area contributed by atoms with Crippen LogP contribution in [0.4, 0.5) is 0 Å². The minimum Gasteiger partial charge on any atom is -0.497 e. The molecule has 0 atom stereocenters. The van der Waals surface area contributed by atoms with Gasteiger partial charge in [0.2, 0.25) is 5.91 Å². The van der Waals surface area contributed by atoms with E-state index in [1.54, 1.807) is 49.4 Å². The number of benzene rings is 2. The lowest BCUT2D eigenvalue weighted by molar-refractivity contribution is -0.121. The average molecular weight is 347 g/mol. The molecule has 0 aliphatic rings. The lowest BCUT2D eigenvalue weighted by Crippen LogP contribution is -2.38. The van der Waals surface area contributed by atoms with Crippen LogP contribution >= 0.6 is 11.6 Å². The predicted molar refractivity (Wildman–Crippen MR) is 93.3 cm³/mol. The molecule has 126 valence electrons. The molecular formula is C18H19ClN2O3. The number of nitrogens with zero attached hydrogens (tertiary/aromatic N) is 1. The van der Waals surface area contributed by atoms with E-state index in [-0.39, 0.29) is 12.5 Å². The Morgan fingerprint density at radius 3 is 2.42 bits per heavy atom. The SMILES string of the molecule is COc1ccc(C(=O)NC(=O)CN(C)Cc2ccccc2Cl)cc1. The van der Waals surface area contributed by atoms with E-state index in [0.29, 0.717) is 22.9 Å². The molecular weight excluding hydrogens is 328 g/mol. The lowest BCUT2D eigenvalue weighted by atomic mass is 10.2. The van der Waals surface area contributed by atoms with E-state index >= 15 is 0 Å². The maximum atomic E-state index is 12.0. The molecule has 5 nitrogen and oxygen atoms in total. The van der Waals surface area contributed by atoms with Crippen LogP contribution in [-0.2, 0) is 11.3 Å². The maximum absolute atomic E-state index is 12.0. The molecule has 2 aromatic carbocycles. The molecule has 6 heteroatoms. The number of ether oxygens (including phenoxy) is 1. The van der Waals surface area contributed by atoms with Crippen LogP contribution in [0, 0.1) is 0 Å². The largest absolute Gasteiger partial charge is 0.497 e. The number of nitrogens with one attached hydrogen (secondary N) is 1. The summed E-state index contributed by atoms with van der Waals surface area (Å²) in [6.07, 6.45) is 0. The van der Waals surface area contributed by atoms with Crippen LogP contribution < -0.4 is 10.1 Å². The number of hydrogen-bond acceptors (Lipinski definition) is 4. The third-order valence-electron chi connectivity index (χ3n) is 3.42. The highest BCUT2D eigenvalue weighted by molar-refractivity contribution is 6.31. The Morgan fingerprint density at radius 1 is 1.12 bits per heavy atom. The Kier molecular flexibility index (Phi) is 6.35. The van der Waals surface area contributed by atoms with E-state index in [2.05, 4.69) is 5.32 Å². The summed E-state index contributed by atoms with van der Waals surface area (Å²) in [4.78, 5) is 25.8. The van der Waals surface area contributed by atoms with E-state index in [4.69, 9.17) is 16.3 Å². The van der Waals surface area contributed by atoms with E-state index in [0.717, 1.165) is 5.56 Å². The van der Waals surface area contributed by atoms with E-state index in [1.807, 2.05) is 18.2 Å². The number of carbonyl (C=O) groups is 2. The standard InChI is InChI=1S/C18H19ClN2O3/c1-21(11-14-5-3-4-6-16(14)19)12-17(22)20-18(23)13-7-9-15(24-2)10-8-13/h3-10H,11-12H2,1-2H3,(H,20,22,23). The number of imide groups is 1. The Morgan fingerprint density at radius 2 is 1.79 bits per heavy atom. The van der Waals surface area contributed by atoms with Crippen LogP contribution in [0.25, 0.3) is 0 Å². The summed E-state index contributed by atoms with van der Waals surface area (Å²) >= 11 is 6.10. The average Bonchev–Trinajstić information content (AvgIpc) is 2.56. The topological polar surface area (TPSA) is 58.6 Å². The minimum absolute atomic E-state index is 0.0904. The van der Waals surface area contributed by atoms with Crippen molar-refractivity contribution in [2.45, 2.75) is 6.54 Å². The van der Waals surface area contributed by atoms with Crippen molar-refractivity contribution in [3.05, 3.63) is 64.7 Å². The number of hydrogen-bond donors (Lipinski definition) is 1. The number of carbonyl (C=O) groups excluding carboxylic acids is 2. The van der Waals surface area contributed by atoms with Gasteiger partial charge in [0, 0.05) is 17.1 Å². The van der Waals surface area contributed by atoms with Gasteiger partial charge in [0.05, 0.1) is 13.7 Å². The molecule has 0 bridgehead atoms. The molecule has 0 aliphatic heterocycles. The van der Waals surface area contributed by atoms with Crippen LogP contribution in [0.1, 0.15) is 15.9 Å². The second-order valence-electron chi connectivity index (χ2n) is 5.37. The van der Waals surface area contributed by atoms with Gasteiger partial charge in [-0.25, -0.2) is 0 Å². The van der Waals surface area contributed by atoms with E-state index < -0.39 is 5.91 Å². The summed E-state index contributed by atoms with van der Waals surface area (Å²) in [5.74, 6) is -0.156. The molecule has 2 aromatic rings. The fourth-order valence-corrected chi connectivity index (χ4v) is 2.39. The molecule has 0 aromatic heterocycles.